The maximum absolute atomic E-state index is 13.8. The smallest absolute Gasteiger partial charge is 0.407 e. The molecule has 2 aliphatic heterocycles. The lowest BCUT2D eigenvalue weighted by Crippen LogP contribution is -2.52. The summed E-state index contributed by atoms with van der Waals surface area (Å²) in [6.07, 6.45) is -1.32. The number of amides is 1. The van der Waals surface area contributed by atoms with E-state index in [-0.39, 0.29) is 49.1 Å². The molecule has 12 heteroatoms. The van der Waals surface area contributed by atoms with Crippen LogP contribution >= 0.6 is 0 Å². The number of aromatic hydroxyl groups is 1. The topological polar surface area (TPSA) is 158 Å². The molecule has 1 amide bonds. The SMILES string of the molecule is CC(C)(CCC#N)CN(CC(O)C(Cc1ccccc1)NC(=O)O[C@H]1CO[C@H]2OCC[C@H]21)S(=O)(=O)c1ccc(O)cc1. The van der Waals surface area contributed by atoms with Gasteiger partial charge in [-0.15, -0.1) is 0 Å². The lowest BCUT2D eigenvalue weighted by molar-refractivity contribution is -0.0907. The fraction of sp³-hybridized carbons (Fsp3) is 0.533. The van der Waals surface area contributed by atoms with Crippen LogP contribution in [0.25, 0.3) is 0 Å². The number of nitriles is 1. The Morgan fingerprint density at radius 2 is 1.90 bits per heavy atom. The van der Waals surface area contributed by atoms with Crippen molar-refractivity contribution in [3.8, 4) is 11.8 Å². The lowest BCUT2D eigenvalue weighted by Gasteiger charge is -2.34. The number of aliphatic hydroxyl groups excluding tert-OH is 1. The van der Waals surface area contributed by atoms with Gasteiger partial charge in [-0.05, 0) is 54.5 Å². The van der Waals surface area contributed by atoms with Gasteiger partial charge in [-0.2, -0.15) is 9.57 Å². The molecule has 228 valence electrons. The van der Waals surface area contributed by atoms with Crippen LogP contribution in [-0.4, -0.2) is 79.9 Å². The summed E-state index contributed by atoms with van der Waals surface area (Å²) in [6, 6.07) is 15.6. The number of carbonyl (C=O) groups is 1. The van der Waals surface area contributed by atoms with Crippen molar-refractivity contribution in [1.82, 2.24) is 9.62 Å². The number of benzene rings is 2. The average Bonchev–Trinajstić information content (AvgIpc) is 3.57. The van der Waals surface area contributed by atoms with E-state index in [1.807, 2.05) is 44.2 Å². The third kappa shape index (κ3) is 8.20. The standard InChI is InChI=1S/C30H39N3O8S/c1-30(2,14-6-15-31)20-33(42(37,38)23-11-9-22(34)10-12-23)18-26(35)25(17-21-7-4-3-5-8-21)32-29(36)41-27-19-40-28-24(27)13-16-39-28/h3-5,7-12,24-28,34-35H,6,13-14,16-20H2,1-2H3,(H,32,36)/t24-,25?,26?,27-,28+/m0/s1. The number of carbonyl (C=O) groups excluding carboxylic acids is 1. The summed E-state index contributed by atoms with van der Waals surface area (Å²) in [5.74, 6) is -0.140. The second kappa shape index (κ2) is 13.8. The summed E-state index contributed by atoms with van der Waals surface area (Å²) in [6.45, 7) is 4.14. The van der Waals surface area contributed by atoms with Gasteiger partial charge in [0.05, 0.1) is 42.2 Å². The van der Waals surface area contributed by atoms with Gasteiger partial charge in [-0.3, -0.25) is 0 Å². The minimum Gasteiger partial charge on any atom is -0.508 e. The van der Waals surface area contributed by atoms with Crippen LogP contribution in [0, 0.1) is 22.7 Å². The van der Waals surface area contributed by atoms with Crippen molar-refractivity contribution in [1.29, 1.82) is 5.26 Å². The molecule has 0 spiro atoms. The zero-order valence-electron chi connectivity index (χ0n) is 23.9. The van der Waals surface area contributed by atoms with E-state index in [4.69, 9.17) is 19.5 Å². The van der Waals surface area contributed by atoms with Crippen molar-refractivity contribution >= 4 is 16.1 Å². The first-order valence-electron chi connectivity index (χ1n) is 14.1. The molecule has 0 aromatic heterocycles. The number of hydrogen-bond donors (Lipinski definition) is 3. The first-order valence-corrected chi connectivity index (χ1v) is 15.5. The van der Waals surface area contributed by atoms with Crippen LogP contribution < -0.4 is 5.32 Å². The fourth-order valence-electron chi connectivity index (χ4n) is 5.32. The molecule has 2 aliphatic rings. The van der Waals surface area contributed by atoms with Gasteiger partial charge in [-0.25, -0.2) is 13.2 Å². The van der Waals surface area contributed by atoms with E-state index in [2.05, 4.69) is 11.4 Å². The summed E-state index contributed by atoms with van der Waals surface area (Å²) >= 11 is 0. The van der Waals surface area contributed by atoms with Crippen LogP contribution in [0.2, 0.25) is 0 Å². The molecule has 0 saturated carbocycles. The average molecular weight is 602 g/mol. The van der Waals surface area contributed by atoms with E-state index in [0.29, 0.717) is 19.4 Å². The molecule has 2 saturated heterocycles. The number of phenolic OH excluding ortho intramolecular Hbond substituents is 1. The maximum Gasteiger partial charge on any atom is 0.407 e. The highest BCUT2D eigenvalue weighted by molar-refractivity contribution is 7.89. The summed E-state index contributed by atoms with van der Waals surface area (Å²) in [4.78, 5) is 13.0. The Labute approximate surface area is 247 Å². The van der Waals surface area contributed by atoms with Crippen LogP contribution in [0.1, 0.15) is 38.7 Å². The Hall–Kier alpha value is -3.21. The first-order chi connectivity index (χ1) is 20.0. The minimum absolute atomic E-state index is 0.0138. The predicted molar refractivity (Wildman–Crippen MR) is 153 cm³/mol. The molecule has 4 rings (SSSR count). The molecule has 0 bridgehead atoms. The number of aliphatic hydroxyl groups is 1. The van der Waals surface area contributed by atoms with Crippen LogP contribution in [-0.2, 0) is 30.7 Å². The van der Waals surface area contributed by atoms with Crippen molar-refractivity contribution in [2.45, 2.75) is 69.0 Å². The molecule has 3 N–H and O–H groups in total. The van der Waals surface area contributed by atoms with Gasteiger partial charge < -0.3 is 29.7 Å². The quantitative estimate of drug-likeness (QED) is 0.314. The number of rotatable bonds is 13. The zero-order chi connectivity index (χ0) is 30.3. The van der Waals surface area contributed by atoms with Crippen molar-refractivity contribution in [3.05, 3.63) is 60.2 Å². The maximum atomic E-state index is 13.8. The van der Waals surface area contributed by atoms with Crippen molar-refractivity contribution < 1.29 is 37.6 Å². The van der Waals surface area contributed by atoms with Gasteiger partial charge in [-0.1, -0.05) is 44.2 Å². The number of alkyl carbamates (subject to hydrolysis) is 1. The number of phenols is 1. The monoisotopic (exact) mass is 601 g/mol. The second-order valence-electron chi connectivity index (χ2n) is 11.6. The van der Waals surface area contributed by atoms with Gasteiger partial charge in [0.25, 0.3) is 0 Å². The Kier molecular flexibility index (Phi) is 10.5. The lowest BCUT2D eigenvalue weighted by atomic mass is 9.88. The number of sulfonamides is 1. The van der Waals surface area contributed by atoms with Crippen LogP contribution in [0.4, 0.5) is 4.79 Å². The molecule has 2 aromatic rings. The van der Waals surface area contributed by atoms with E-state index in [9.17, 15) is 23.4 Å². The second-order valence-corrected chi connectivity index (χ2v) is 13.5. The van der Waals surface area contributed by atoms with Crippen LogP contribution in [0.15, 0.2) is 59.5 Å². The van der Waals surface area contributed by atoms with E-state index >= 15 is 0 Å². The number of ether oxygens (including phenoxy) is 3. The van der Waals surface area contributed by atoms with Gasteiger partial charge in [0, 0.05) is 19.5 Å². The van der Waals surface area contributed by atoms with Gasteiger partial charge in [0.15, 0.2) is 6.29 Å². The Morgan fingerprint density at radius 3 is 2.60 bits per heavy atom. The highest BCUT2D eigenvalue weighted by atomic mass is 32.2. The summed E-state index contributed by atoms with van der Waals surface area (Å²) < 4.78 is 45.5. The largest absolute Gasteiger partial charge is 0.508 e. The van der Waals surface area contributed by atoms with Gasteiger partial charge in [0.1, 0.15) is 11.9 Å². The zero-order valence-corrected chi connectivity index (χ0v) is 24.7. The van der Waals surface area contributed by atoms with Crippen molar-refractivity contribution in [2.24, 2.45) is 11.3 Å². The number of hydrogen-bond acceptors (Lipinski definition) is 9. The summed E-state index contributed by atoms with van der Waals surface area (Å²) in [7, 11) is -4.13. The molecule has 5 atom stereocenters. The number of fused-ring (bicyclic) bond motifs is 1. The first kappa shape index (κ1) is 31.7. The van der Waals surface area contributed by atoms with Crippen molar-refractivity contribution in [3.63, 3.8) is 0 Å². The van der Waals surface area contributed by atoms with E-state index in [1.54, 1.807) is 0 Å². The molecule has 2 fully saturated rings. The van der Waals surface area contributed by atoms with E-state index in [0.717, 1.165) is 5.56 Å². The molecule has 42 heavy (non-hydrogen) atoms. The Bertz CT molecular complexity index is 1330. The molecular formula is C30H39N3O8S. The Balaban J connectivity index is 1.56. The molecule has 2 unspecified atom stereocenters. The summed E-state index contributed by atoms with van der Waals surface area (Å²) in [5, 5.41) is 33.1. The molecule has 2 aromatic carbocycles. The van der Waals surface area contributed by atoms with Crippen LogP contribution in [0.5, 0.6) is 5.75 Å². The Morgan fingerprint density at radius 1 is 1.19 bits per heavy atom. The normalized spacial score (nSPS) is 21.8. The predicted octanol–water partition coefficient (Wildman–Crippen LogP) is 3.17. The fourth-order valence-corrected chi connectivity index (χ4v) is 6.97. The molecule has 0 radical (unpaired) electrons. The highest BCUT2D eigenvalue weighted by Crippen LogP contribution is 2.33. The van der Waals surface area contributed by atoms with E-state index < -0.39 is 46.1 Å². The molecular weight excluding hydrogens is 562 g/mol. The minimum atomic E-state index is -4.13. The number of nitrogens with zero attached hydrogens (tertiary/aromatic N) is 2. The summed E-state index contributed by atoms with van der Waals surface area (Å²) in [5.41, 5.74) is 0.237. The third-order valence-corrected chi connectivity index (χ3v) is 9.52. The van der Waals surface area contributed by atoms with Gasteiger partial charge in [0.2, 0.25) is 10.0 Å². The van der Waals surface area contributed by atoms with Crippen molar-refractivity contribution in [2.75, 3.05) is 26.3 Å². The molecule has 11 nitrogen and oxygen atoms in total. The molecule has 0 aliphatic carbocycles. The van der Waals surface area contributed by atoms with Gasteiger partial charge >= 0.3 is 6.09 Å². The van der Waals surface area contributed by atoms with E-state index in [1.165, 1.54) is 28.6 Å². The molecule has 2 heterocycles. The highest BCUT2D eigenvalue weighted by Gasteiger charge is 2.44. The number of nitrogens with one attached hydrogen (secondary N) is 1. The van der Waals surface area contributed by atoms with Crippen LogP contribution in [0.3, 0.4) is 0 Å². The third-order valence-electron chi connectivity index (χ3n) is 7.69.